The van der Waals surface area contributed by atoms with Crippen molar-refractivity contribution in [2.75, 3.05) is 25.4 Å². The molecule has 1 aromatic rings. The van der Waals surface area contributed by atoms with Crippen LogP contribution in [0.4, 0.5) is 0 Å². The Bertz CT molecular complexity index is 691. The molecule has 2 rings (SSSR count). The number of hydrogen-bond acceptors (Lipinski definition) is 5. The van der Waals surface area contributed by atoms with Crippen molar-refractivity contribution in [3.8, 4) is 0 Å². The van der Waals surface area contributed by atoms with Gasteiger partial charge in [0.25, 0.3) is 0 Å². The standard InChI is InChI=1S/C16H29N5O2S2/c1-5-17-16(18-11-15-12(3)19-13(4)24-15)20-14-7-9-21(10-8-14)25(22,23)6-2/h14H,5-11H2,1-4H3,(H2,17,18,20). The van der Waals surface area contributed by atoms with E-state index in [9.17, 15) is 8.42 Å². The Morgan fingerprint density at radius 3 is 2.52 bits per heavy atom. The van der Waals surface area contributed by atoms with Crippen molar-refractivity contribution >= 4 is 27.3 Å². The molecule has 1 aromatic heterocycles. The number of guanidine groups is 1. The van der Waals surface area contributed by atoms with Gasteiger partial charge in [0, 0.05) is 30.6 Å². The average molecular weight is 388 g/mol. The first-order valence-corrected chi connectivity index (χ1v) is 11.2. The second-order valence-corrected chi connectivity index (χ2v) is 9.70. The third-order valence-corrected chi connectivity index (χ3v) is 7.22. The van der Waals surface area contributed by atoms with Crippen molar-refractivity contribution in [2.45, 2.75) is 53.1 Å². The predicted molar refractivity (Wildman–Crippen MR) is 104 cm³/mol. The van der Waals surface area contributed by atoms with E-state index in [2.05, 4.69) is 20.6 Å². The summed E-state index contributed by atoms with van der Waals surface area (Å²) in [6.45, 7) is 10.3. The minimum atomic E-state index is -3.08. The van der Waals surface area contributed by atoms with Crippen LogP contribution in [0, 0.1) is 13.8 Å². The molecule has 1 aliphatic rings. The summed E-state index contributed by atoms with van der Waals surface area (Å²) in [5, 5.41) is 7.78. The van der Waals surface area contributed by atoms with E-state index in [0.29, 0.717) is 19.6 Å². The minimum Gasteiger partial charge on any atom is -0.357 e. The van der Waals surface area contributed by atoms with Gasteiger partial charge >= 0.3 is 0 Å². The molecule has 1 aliphatic heterocycles. The van der Waals surface area contributed by atoms with Crippen molar-refractivity contribution in [3.05, 3.63) is 15.6 Å². The van der Waals surface area contributed by atoms with Gasteiger partial charge in [-0.1, -0.05) is 0 Å². The Kier molecular flexibility index (Phi) is 7.21. The maximum Gasteiger partial charge on any atom is 0.213 e. The van der Waals surface area contributed by atoms with Crippen LogP contribution in [0.2, 0.25) is 0 Å². The highest BCUT2D eigenvalue weighted by molar-refractivity contribution is 7.89. The third kappa shape index (κ3) is 5.65. The molecule has 142 valence electrons. The van der Waals surface area contributed by atoms with E-state index in [1.807, 2.05) is 20.8 Å². The molecule has 0 radical (unpaired) electrons. The second kappa shape index (κ2) is 8.95. The lowest BCUT2D eigenvalue weighted by Gasteiger charge is -2.32. The number of aryl methyl sites for hydroxylation is 2. The van der Waals surface area contributed by atoms with Crippen molar-refractivity contribution < 1.29 is 8.42 Å². The van der Waals surface area contributed by atoms with E-state index in [-0.39, 0.29) is 11.8 Å². The van der Waals surface area contributed by atoms with Crippen LogP contribution in [0.25, 0.3) is 0 Å². The lowest BCUT2D eigenvalue weighted by molar-refractivity contribution is 0.306. The molecule has 0 spiro atoms. The van der Waals surface area contributed by atoms with Crippen LogP contribution in [-0.2, 0) is 16.6 Å². The highest BCUT2D eigenvalue weighted by atomic mass is 32.2. The number of nitrogens with zero attached hydrogens (tertiary/aromatic N) is 3. The summed E-state index contributed by atoms with van der Waals surface area (Å²) in [6, 6.07) is 0.241. The first kappa shape index (κ1) is 20.1. The molecule has 0 aromatic carbocycles. The van der Waals surface area contributed by atoms with E-state index < -0.39 is 10.0 Å². The van der Waals surface area contributed by atoms with Gasteiger partial charge in [-0.2, -0.15) is 0 Å². The molecule has 2 heterocycles. The number of piperidine rings is 1. The van der Waals surface area contributed by atoms with Gasteiger partial charge in [0.15, 0.2) is 5.96 Å². The lowest BCUT2D eigenvalue weighted by Crippen LogP contribution is -2.50. The zero-order valence-corrected chi connectivity index (χ0v) is 17.1. The van der Waals surface area contributed by atoms with E-state index in [0.717, 1.165) is 36.0 Å². The van der Waals surface area contributed by atoms with E-state index >= 15 is 0 Å². The van der Waals surface area contributed by atoms with Gasteiger partial charge in [0.05, 0.1) is 23.0 Å². The van der Waals surface area contributed by atoms with Gasteiger partial charge in [-0.15, -0.1) is 11.3 Å². The molecule has 0 bridgehead atoms. The molecule has 9 heteroatoms. The molecule has 0 unspecified atom stereocenters. The molecule has 25 heavy (non-hydrogen) atoms. The van der Waals surface area contributed by atoms with Crippen molar-refractivity contribution in [1.82, 2.24) is 19.9 Å². The van der Waals surface area contributed by atoms with Gasteiger partial charge in [0.2, 0.25) is 10.0 Å². The fourth-order valence-electron chi connectivity index (χ4n) is 2.85. The largest absolute Gasteiger partial charge is 0.357 e. The number of rotatable bonds is 6. The smallest absolute Gasteiger partial charge is 0.213 e. The first-order chi connectivity index (χ1) is 11.9. The van der Waals surface area contributed by atoms with Crippen LogP contribution in [0.15, 0.2) is 4.99 Å². The molecule has 0 amide bonds. The van der Waals surface area contributed by atoms with Crippen molar-refractivity contribution in [1.29, 1.82) is 0 Å². The minimum absolute atomic E-state index is 0.169. The number of hydrogen-bond donors (Lipinski definition) is 2. The Morgan fingerprint density at radius 2 is 2.00 bits per heavy atom. The van der Waals surface area contributed by atoms with Gasteiger partial charge in [-0.3, -0.25) is 0 Å². The Hall–Kier alpha value is -1.19. The zero-order valence-electron chi connectivity index (χ0n) is 15.5. The molecule has 7 nitrogen and oxygen atoms in total. The maximum atomic E-state index is 11.9. The fraction of sp³-hybridized carbons (Fsp3) is 0.750. The Morgan fingerprint density at radius 1 is 1.32 bits per heavy atom. The average Bonchev–Trinajstić information content (AvgIpc) is 2.91. The highest BCUT2D eigenvalue weighted by Gasteiger charge is 2.27. The normalized spacial score (nSPS) is 17.7. The van der Waals surface area contributed by atoms with Crippen LogP contribution in [0.1, 0.15) is 42.3 Å². The zero-order chi connectivity index (χ0) is 18.4. The van der Waals surface area contributed by atoms with E-state index in [4.69, 9.17) is 0 Å². The molecular formula is C16H29N5O2S2. The monoisotopic (exact) mass is 387 g/mol. The summed E-state index contributed by atoms with van der Waals surface area (Å²) in [5.41, 5.74) is 1.04. The molecule has 1 fully saturated rings. The second-order valence-electron chi connectivity index (χ2n) is 6.15. The van der Waals surface area contributed by atoms with E-state index in [1.165, 1.54) is 4.88 Å². The predicted octanol–water partition coefficient (Wildman–Crippen LogP) is 1.63. The molecule has 0 aliphatic carbocycles. The quantitative estimate of drug-likeness (QED) is 0.572. The lowest BCUT2D eigenvalue weighted by atomic mass is 10.1. The highest BCUT2D eigenvalue weighted by Crippen LogP contribution is 2.18. The van der Waals surface area contributed by atoms with Crippen molar-refractivity contribution in [2.24, 2.45) is 4.99 Å². The molecule has 0 atom stereocenters. The number of sulfonamides is 1. The molecular weight excluding hydrogens is 358 g/mol. The number of aliphatic imine (C=N–C) groups is 1. The Labute approximate surface area is 155 Å². The van der Waals surface area contributed by atoms with Gasteiger partial charge in [-0.05, 0) is 40.5 Å². The van der Waals surface area contributed by atoms with Crippen LogP contribution in [-0.4, -0.2) is 55.1 Å². The van der Waals surface area contributed by atoms with E-state index in [1.54, 1.807) is 22.6 Å². The molecule has 1 saturated heterocycles. The van der Waals surface area contributed by atoms with Crippen LogP contribution in [0.3, 0.4) is 0 Å². The fourth-order valence-corrected chi connectivity index (χ4v) is 4.84. The molecule has 2 N–H and O–H groups in total. The Balaban J connectivity index is 1.93. The van der Waals surface area contributed by atoms with Crippen LogP contribution in [0.5, 0.6) is 0 Å². The summed E-state index contributed by atoms with van der Waals surface area (Å²) in [6.07, 6.45) is 1.59. The van der Waals surface area contributed by atoms with Crippen LogP contribution < -0.4 is 10.6 Å². The summed E-state index contributed by atoms with van der Waals surface area (Å²) < 4.78 is 25.5. The summed E-state index contributed by atoms with van der Waals surface area (Å²) in [5.74, 6) is 0.952. The molecule has 0 saturated carbocycles. The number of aromatic nitrogens is 1. The summed E-state index contributed by atoms with van der Waals surface area (Å²) in [4.78, 5) is 10.3. The third-order valence-electron chi connectivity index (χ3n) is 4.28. The topological polar surface area (TPSA) is 86.7 Å². The van der Waals surface area contributed by atoms with Gasteiger partial charge in [0.1, 0.15) is 0 Å². The maximum absolute atomic E-state index is 11.9. The van der Waals surface area contributed by atoms with Crippen LogP contribution >= 0.6 is 11.3 Å². The summed E-state index contributed by atoms with van der Waals surface area (Å²) >= 11 is 1.68. The number of thiazole rings is 1. The SMILES string of the molecule is CCNC(=NCc1sc(C)nc1C)NC1CCN(S(=O)(=O)CC)CC1. The summed E-state index contributed by atoms with van der Waals surface area (Å²) in [7, 11) is -3.08. The van der Waals surface area contributed by atoms with Gasteiger partial charge in [-0.25, -0.2) is 22.7 Å². The van der Waals surface area contributed by atoms with Crippen molar-refractivity contribution in [3.63, 3.8) is 0 Å². The van der Waals surface area contributed by atoms with Gasteiger partial charge < -0.3 is 10.6 Å². The first-order valence-electron chi connectivity index (χ1n) is 8.81. The number of nitrogens with one attached hydrogen (secondary N) is 2.